The van der Waals surface area contributed by atoms with Gasteiger partial charge in [-0.15, -0.1) is 10.2 Å². The highest BCUT2D eigenvalue weighted by molar-refractivity contribution is 7.89. The molecule has 1 aliphatic heterocycles. The first-order valence-electron chi connectivity index (χ1n) is 9.19. The maximum absolute atomic E-state index is 12.9. The van der Waals surface area contributed by atoms with Gasteiger partial charge in [-0.1, -0.05) is 19.0 Å². The van der Waals surface area contributed by atoms with Crippen molar-refractivity contribution in [1.29, 1.82) is 0 Å². The van der Waals surface area contributed by atoms with Gasteiger partial charge in [0.2, 0.25) is 21.8 Å². The lowest BCUT2D eigenvalue weighted by Crippen LogP contribution is -2.49. The Balaban J connectivity index is 1.65. The van der Waals surface area contributed by atoms with Crippen LogP contribution in [0.2, 0.25) is 0 Å². The molecule has 3 rings (SSSR count). The van der Waals surface area contributed by atoms with Gasteiger partial charge < -0.3 is 8.94 Å². The third kappa shape index (κ3) is 4.07. The van der Waals surface area contributed by atoms with Crippen LogP contribution < -0.4 is 0 Å². The van der Waals surface area contributed by atoms with Gasteiger partial charge in [-0.3, -0.25) is 4.90 Å². The monoisotopic (exact) mass is 397 g/mol. The molecule has 27 heavy (non-hydrogen) atoms. The van der Waals surface area contributed by atoms with Gasteiger partial charge in [-0.05, 0) is 26.7 Å². The van der Waals surface area contributed by atoms with Gasteiger partial charge in [0.05, 0.1) is 6.04 Å². The second kappa shape index (κ2) is 7.69. The molecule has 150 valence electrons. The van der Waals surface area contributed by atoms with Crippen molar-refractivity contribution in [3.8, 4) is 0 Å². The van der Waals surface area contributed by atoms with E-state index >= 15 is 0 Å². The van der Waals surface area contributed by atoms with Gasteiger partial charge in [0.1, 0.15) is 10.6 Å². The Morgan fingerprint density at radius 1 is 1.07 bits per heavy atom. The minimum absolute atomic E-state index is 0.0534. The molecule has 1 aliphatic rings. The van der Waals surface area contributed by atoms with E-state index in [1.54, 1.807) is 13.8 Å². The summed E-state index contributed by atoms with van der Waals surface area (Å²) in [6, 6.07) is -0.0534. The van der Waals surface area contributed by atoms with Crippen LogP contribution in [0, 0.1) is 19.8 Å². The SMILES string of the molecule is Cc1noc(C)c1S(=O)(=O)N1CCN(C(C)c2nnc(CC(C)C)o2)CC1. The highest BCUT2D eigenvalue weighted by Gasteiger charge is 2.35. The van der Waals surface area contributed by atoms with Crippen LogP contribution in [-0.4, -0.2) is 59.2 Å². The standard InChI is InChI=1S/C17H27N5O4S/c1-11(2)10-15-18-19-17(25-15)13(4)21-6-8-22(9-7-21)27(23,24)16-12(3)20-26-14(16)5/h11,13H,6-10H2,1-5H3. The molecular formula is C17H27N5O4S. The molecule has 0 radical (unpaired) electrons. The predicted molar refractivity (Wildman–Crippen MR) is 97.6 cm³/mol. The van der Waals surface area contributed by atoms with Crippen molar-refractivity contribution in [2.45, 2.75) is 52.0 Å². The van der Waals surface area contributed by atoms with Crippen LogP contribution in [-0.2, 0) is 16.4 Å². The van der Waals surface area contributed by atoms with Gasteiger partial charge in [0.15, 0.2) is 5.76 Å². The van der Waals surface area contributed by atoms with Gasteiger partial charge in [0, 0.05) is 32.6 Å². The lowest BCUT2D eigenvalue weighted by atomic mass is 10.1. The predicted octanol–water partition coefficient (Wildman–Crippen LogP) is 1.94. The lowest BCUT2D eigenvalue weighted by Gasteiger charge is -2.36. The first-order chi connectivity index (χ1) is 12.7. The second-order valence-corrected chi connectivity index (χ2v) is 9.28. The molecule has 0 aliphatic carbocycles. The molecule has 0 spiro atoms. The fraction of sp³-hybridized carbons (Fsp3) is 0.706. The number of aryl methyl sites for hydroxylation is 2. The van der Waals surface area contributed by atoms with E-state index in [1.807, 2.05) is 6.92 Å². The summed E-state index contributed by atoms with van der Waals surface area (Å²) in [5.74, 6) is 2.00. The molecule has 2 aromatic rings. The van der Waals surface area contributed by atoms with E-state index < -0.39 is 10.0 Å². The second-order valence-electron chi connectivity index (χ2n) is 7.40. The van der Waals surface area contributed by atoms with Crippen molar-refractivity contribution in [1.82, 2.24) is 24.6 Å². The molecule has 1 unspecified atom stereocenters. The molecule has 1 fully saturated rings. The van der Waals surface area contributed by atoms with Crippen LogP contribution in [0.1, 0.15) is 50.0 Å². The molecule has 0 bridgehead atoms. The largest absolute Gasteiger partial charge is 0.424 e. The van der Waals surface area contributed by atoms with Crippen LogP contribution in [0.25, 0.3) is 0 Å². The summed E-state index contributed by atoms with van der Waals surface area (Å²) >= 11 is 0. The first-order valence-corrected chi connectivity index (χ1v) is 10.6. The van der Waals surface area contributed by atoms with Crippen LogP contribution in [0.5, 0.6) is 0 Å². The molecule has 1 atom stereocenters. The van der Waals surface area contributed by atoms with Gasteiger partial charge >= 0.3 is 0 Å². The van der Waals surface area contributed by atoms with Crippen molar-refractivity contribution < 1.29 is 17.4 Å². The van der Waals surface area contributed by atoms with Crippen molar-refractivity contribution in [2.24, 2.45) is 5.92 Å². The Labute approximate surface area is 159 Å². The highest BCUT2D eigenvalue weighted by atomic mass is 32.2. The Hall–Kier alpha value is -1.78. The van der Waals surface area contributed by atoms with Crippen molar-refractivity contribution >= 4 is 10.0 Å². The van der Waals surface area contributed by atoms with E-state index in [2.05, 4.69) is 34.1 Å². The highest BCUT2D eigenvalue weighted by Crippen LogP contribution is 2.26. The van der Waals surface area contributed by atoms with Crippen LogP contribution >= 0.6 is 0 Å². The molecule has 0 aromatic carbocycles. The average molecular weight is 398 g/mol. The topological polar surface area (TPSA) is 106 Å². The lowest BCUT2D eigenvalue weighted by molar-refractivity contribution is 0.128. The molecule has 0 N–H and O–H groups in total. The van der Waals surface area contributed by atoms with Crippen molar-refractivity contribution in [2.75, 3.05) is 26.2 Å². The summed E-state index contributed by atoms with van der Waals surface area (Å²) < 4.78 is 38.1. The maximum Gasteiger partial charge on any atom is 0.248 e. The summed E-state index contributed by atoms with van der Waals surface area (Å²) in [4.78, 5) is 2.34. The number of rotatable bonds is 6. The number of piperazine rings is 1. The molecule has 2 aromatic heterocycles. The minimum Gasteiger partial charge on any atom is -0.424 e. The van der Waals surface area contributed by atoms with E-state index in [9.17, 15) is 8.42 Å². The maximum atomic E-state index is 12.9. The normalized spacial score (nSPS) is 18.3. The van der Waals surface area contributed by atoms with Crippen LogP contribution in [0.3, 0.4) is 0 Å². The summed E-state index contributed by atoms with van der Waals surface area (Å²) in [5, 5.41) is 12.0. The fourth-order valence-electron chi connectivity index (χ4n) is 3.33. The quantitative estimate of drug-likeness (QED) is 0.728. The summed E-state index contributed by atoms with van der Waals surface area (Å²) in [5.41, 5.74) is 0.395. The van der Waals surface area contributed by atoms with Crippen molar-refractivity contribution in [3.05, 3.63) is 23.2 Å². The molecule has 3 heterocycles. The molecule has 0 amide bonds. The third-order valence-electron chi connectivity index (χ3n) is 4.81. The zero-order chi connectivity index (χ0) is 19.8. The van der Waals surface area contributed by atoms with Crippen LogP contribution in [0.15, 0.2) is 13.8 Å². The fourth-order valence-corrected chi connectivity index (χ4v) is 5.04. The van der Waals surface area contributed by atoms with E-state index in [1.165, 1.54) is 4.31 Å². The van der Waals surface area contributed by atoms with E-state index in [-0.39, 0.29) is 10.9 Å². The molecule has 0 saturated carbocycles. The Bertz CT molecular complexity index is 862. The molecule has 10 heteroatoms. The Morgan fingerprint density at radius 3 is 2.30 bits per heavy atom. The minimum atomic E-state index is -3.60. The van der Waals surface area contributed by atoms with Gasteiger partial charge in [0.25, 0.3) is 0 Å². The van der Waals surface area contributed by atoms with Crippen LogP contribution in [0.4, 0.5) is 0 Å². The zero-order valence-corrected chi connectivity index (χ0v) is 17.3. The Kier molecular flexibility index (Phi) is 5.68. The summed E-state index contributed by atoms with van der Waals surface area (Å²) in [7, 11) is -3.60. The van der Waals surface area contributed by atoms with E-state index in [0.29, 0.717) is 55.3 Å². The molecule has 1 saturated heterocycles. The smallest absolute Gasteiger partial charge is 0.248 e. The first kappa shape index (κ1) is 20.0. The number of hydrogen-bond donors (Lipinski definition) is 0. The number of hydrogen-bond acceptors (Lipinski definition) is 8. The number of nitrogens with zero attached hydrogens (tertiary/aromatic N) is 5. The number of sulfonamides is 1. The van der Waals surface area contributed by atoms with Gasteiger partial charge in [-0.2, -0.15) is 4.31 Å². The van der Waals surface area contributed by atoms with E-state index in [4.69, 9.17) is 8.94 Å². The number of aromatic nitrogens is 3. The molecular weight excluding hydrogens is 370 g/mol. The Morgan fingerprint density at radius 2 is 1.74 bits per heavy atom. The van der Waals surface area contributed by atoms with Gasteiger partial charge in [-0.25, -0.2) is 8.42 Å². The molecule has 9 nitrogen and oxygen atoms in total. The summed E-state index contributed by atoms with van der Waals surface area (Å²) in [6.45, 7) is 11.4. The van der Waals surface area contributed by atoms with Crippen molar-refractivity contribution in [3.63, 3.8) is 0 Å². The summed E-state index contributed by atoms with van der Waals surface area (Å²) in [6.07, 6.45) is 0.753. The third-order valence-corrected chi connectivity index (χ3v) is 6.95. The average Bonchev–Trinajstić information content (AvgIpc) is 3.20. The zero-order valence-electron chi connectivity index (χ0n) is 16.5. The van der Waals surface area contributed by atoms with E-state index in [0.717, 1.165) is 6.42 Å².